The Balaban J connectivity index is 1.87. The van der Waals surface area contributed by atoms with Gasteiger partial charge in [-0.05, 0) is 42.0 Å². The molecule has 0 bridgehead atoms. The molecule has 0 saturated heterocycles. The molecule has 1 aromatic heterocycles. The molecule has 1 heterocycles. The smallest absolute Gasteiger partial charge is 0.262 e. The Kier molecular flexibility index (Phi) is 5.88. The van der Waals surface area contributed by atoms with Crippen LogP contribution in [0, 0.1) is 11.6 Å². The van der Waals surface area contributed by atoms with E-state index in [0.29, 0.717) is 5.56 Å². The molecule has 3 aromatic rings. The van der Waals surface area contributed by atoms with E-state index >= 15 is 0 Å². The lowest BCUT2D eigenvalue weighted by Crippen LogP contribution is -2.28. The third-order valence-electron chi connectivity index (χ3n) is 4.07. The zero-order valence-corrected chi connectivity index (χ0v) is 16.2. The van der Waals surface area contributed by atoms with E-state index in [1.54, 1.807) is 12.1 Å². The number of pyridine rings is 1. The molecule has 1 amide bonds. The number of hydrogen-bond donors (Lipinski definition) is 1. The molecule has 0 unspecified atom stereocenters. The summed E-state index contributed by atoms with van der Waals surface area (Å²) in [4.78, 5) is 17.7. The van der Waals surface area contributed by atoms with Crippen molar-refractivity contribution in [2.75, 3.05) is 11.8 Å². The van der Waals surface area contributed by atoms with E-state index in [-0.39, 0.29) is 22.7 Å². The van der Waals surface area contributed by atoms with Gasteiger partial charge in [-0.25, -0.2) is 17.2 Å². The van der Waals surface area contributed by atoms with Gasteiger partial charge in [-0.1, -0.05) is 18.2 Å². The molecule has 9 heteroatoms. The molecule has 0 atom stereocenters. The number of nitrogens with one attached hydrogen (secondary N) is 1. The summed E-state index contributed by atoms with van der Waals surface area (Å²) in [5.74, 6) is -2.59. The third kappa shape index (κ3) is 4.75. The number of rotatable bonds is 6. The molecule has 0 aliphatic carbocycles. The first-order valence-corrected chi connectivity index (χ1v) is 9.97. The fourth-order valence-electron chi connectivity index (χ4n) is 2.70. The van der Waals surface area contributed by atoms with Crippen molar-refractivity contribution in [3.63, 3.8) is 0 Å². The van der Waals surface area contributed by atoms with Crippen molar-refractivity contribution in [1.29, 1.82) is 0 Å². The van der Waals surface area contributed by atoms with Gasteiger partial charge < -0.3 is 4.90 Å². The molecular weight excluding hydrogens is 400 g/mol. The summed E-state index contributed by atoms with van der Waals surface area (Å²) in [5, 5.41) is 0. The van der Waals surface area contributed by atoms with Crippen molar-refractivity contribution in [1.82, 2.24) is 9.88 Å². The Labute approximate surface area is 166 Å². The molecule has 0 saturated carbocycles. The maximum atomic E-state index is 13.4. The van der Waals surface area contributed by atoms with Crippen LogP contribution in [0.15, 0.2) is 71.9 Å². The molecule has 6 nitrogen and oxygen atoms in total. The van der Waals surface area contributed by atoms with Gasteiger partial charge in [0.05, 0.1) is 17.4 Å². The number of carbonyl (C=O) groups excluding carboxylic acids is 1. The second-order valence-electron chi connectivity index (χ2n) is 6.25. The maximum Gasteiger partial charge on any atom is 0.262 e. The predicted molar refractivity (Wildman–Crippen MR) is 104 cm³/mol. The van der Waals surface area contributed by atoms with Crippen LogP contribution in [0.25, 0.3) is 0 Å². The number of benzene rings is 2. The molecule has 2 aromatic carbocycles. The molecule has 150 valence electrons. The van der Waals surface area contributed by atoms with Crippen LogP contribution in [-0.2, 0) is 16.6 Å². The van der Waals surface area contributed by atoms with E-state index in [1.165, 1.54) is 54.7 Å². The van der Waals surface area contributed by atoms with Gasteiger partial charge in [-0.2, -0.15) is 0 Å². The van der Waals surface area contributed by atoms with Crippen molar-refractivity contribution in [2.24, 2.45) is 0 Å². The lowest BCUT2D eigenvalue weighted by atomic mass is 10.1. The monoisotopic (exact) mass is 417 g/mol. The van der Waals surface area contributed by atoms with E-state index in [1.807, 2.05) is 0 Å². The van der Waals surface area contributed by atoms with Crippen molar-refractivity contribution in [3.8, 4) is 0 Å². The van der Waals surface area contributed by atoms with Gasteiger partial charge in [-0.15, -0.1) is 0 Å². The second kappa shape index (κ2) is 8.36. The molecule has 0 fully saturated rings. The van der Waals surface area contributed by atoms with Crippen LogP contribution in [0.4, 0.5) is 14.5 Å². The summed E-state index contributed by atoms with van der Waals surface area (Å²) in [6, 6.07) is 12.2. The van der Waals surface area contributed by atoms with E-state index < -0.39 is 27.6 Å². The minimum atomic E-state index is -4.05. The summed E-state index contributed by atoms with van der Waals surface area (Å²) >= 11 is 0. The van der Waals surface area contributed by atoms with Gasteiger partial charge in [0.15, 0.2) is 11.6 Å². The van der Waals surface area contributed by atoms with Crippen molar-refractivity contribution in [3.05, 3.63) is 89.8 Å². The van der Waals surface area contributed by atoms with Gasteiger partial charge in [0.1, 0.15) is 4.90 Å². The lowest BCUT2D eigenvalue weighted by molar-refractivity contribution is 0.0781. The summed E-state index contributed by atoms with van der Waals surface area (Å²) in [6.45, 7) is -0.0273. The van der Waals surface area contributed by atoms with E-state index in [4.69, 9.17) is 0 Å². The van der Waals surface area contributed by atoms with Crippen LogP contribution in [-0.4, -0.2) is 31.3 Å². The lowest BCUT2D eigenvalue weighted by Gasteiger charge is -2.19. The van der Waals surface area contributed by atoms with Gasteiger partial charge in [0.2, 0.25) is 0 Å². The van der Waals surface area contributed by atoms with Crippen LogP contribution >= 0.6 is 0 Å². The number of anilines is 1. The quantitative estimate of drug-likeness (QED) is 0.667. The molecule has 29 heavy (non-hydrogen) atoms. The van der Waals surface area contributed by atoms with E-state index in [9.17, 15) is 22.0 Å². The maximum absolute atomic E-state index is 13.4. The third-order valence-corrected chi connectivity index (χ3v) is 5.51. The molecule has 0 aliphatic heterocycles. The fourth-order valence-corrected chi connectivity index (χ4v) is 3.94. The highest BCUT2D eigenvalue weighted by Crippen LogP contribution is 2.21. The molecule has 3 rings (SSSR count). The normalized spacial score (nSPS) is 11.1. The zero-order valence-electron chi connectivity index (χ0n) is 15.3. The molecule has 0 spiro atoms. The summed E-state index contributed by atoms with van der Waals surface area (Å²) in [7, 11) is -2.61. The number of nitrogens with zero attached hydrogens (tertiary/aromatic N) is 2. The first-order chi connectivity index (χ1) is 13.8. The number of hydrogen-bond acceptors (Lipinski definition) is 4. The Morgan fingerprint density at radius 2 is 1.83 bits per heavy atom. The number of aromatic nitrogens is 1. The Morgan fingerprint density at radius 1 is 1.07 bits per heavy atom. The summed E-state index contributed by atoms with van der Waals surface area (Å²) in [5.41, 5.74) is 0.576. The van der Waals surface area contributed by atoms with Crippen molar-refractivity contribution in [2.45, 2.75) is 11.4 Å². The second-order valence-corrected chi connectivity index (χ2v) is 7.90. The molecular formula is C20H17F2N3O3S. The van der Waals surface area contributed by atoms with Crippen molar-refractivity contribution >= 4 is 21.6 Å². The summed E-state index contributed by atoms with van der Waals surface area (Å²) < 4.78 is 54.5. The summed E-state index contributed by atoms with van der Waals surface area (Å²) in [6.07, 6.45) is 2.85. The minimum Gasteiger partial charge on any atom is -0.337 e. The largest absolute Gasteiger partial charge is 0.337 e. The Morgan fingerprint density at radius 3 is 2.52 bits per heavy atom. The fraction of sp³-hybridized carbons (Fsp3) is 0.100. The van der Waals surface area contributed by atoms with Crippen LogP contribution in [0.2, 0.25) is 0 Å². The highest BCUT2D eigenvalue weighted by Gasteiger charge is 2.24. The van der Waals surface area contributed by atoms with Crippen LogP contribution < -0.4 is 4.72 Å². The first kappa shape index (κ1) is 20.4. The van der Waals surface area contributed by atoms with Crippen LogP contribution in [0.1, 0.15) is 15.9 Å². The predicted octanol–water partition coefficient (Wildman–Crippen LogP) is 3.43. The van der Waals surface area contributed by atoms with Gasteiger partial charge in [0, 0.05) is 19.8 Å². The number of halogens is 2. The van der Waals surface area contributed by atoms with Crippen molar-refractivity contribution < 1.29 is 22.0 Å². The number of amides is 1. The first-order valence-electron chi connectivity index (χ1n) is 8.49. The molecule has 0 radical (unpaired) electrons. The highest BCUT2D eigenvalue weighted by atomic mass is 32.2. The SMILES string of the molecule is CN(Cc1ccc(F)c(F)c1)C(=O)c1ccccc1S(=O)(=O)Nc1cccnc1. The number of sulfonamides is 1. The number of carbonyl (C=O) groups is 1. The van der Waals surface area contributed by atoms with Gasteiger partial charge in [-0.3, -0.25) is 14.5 Å². The van der Waals surface area contributed by atoms with E-state index in [2.05, 4.69) is 9.71 Å². The molecule has 1 N–H and O–H groups in total. The topological polar surface area (TPSA) is 79.4 Å². The Bertz CT molecular complexity index is 1140. The highest BCUT2D eigenvalue weighted by molar-refractivity contribution is 7.92. The van der Waals surface area contributed by atoms with Gasteiger partial charge >= 0.3 is 0 Å². The van der Waals surface area contributed by atoms with E-state index in [0.717, 1.165) is 12.1 Å². The average molecular weight is 417 g/mol. The minimum absolute atomic E-state index is 0.0273. The average Bonchev–Trinajstić information content (AvgIpc) is 2.70. The van der Waals surface area contributed by atoms with Gasteiger partial charge in [0.25, 0.3) is 15.9 Å². The molecule has 0 aliphatic rings. The standard InChI is InChI=1S/C20H17F2N3O3S/c1-25(13-14-8-9-17(21)18(22)11-14)20(26)16-6-2-3-7-19(16)29(27,28)24-15-5-4-10-23-12-15/h2-12,24H,13H2,1H3. The Hall–Kier alpha value is -3.33. The van der Waals surface area contributed by atoms with Crippen LogP contribution in [0.3, 0.4) is 0 Å². The zero-order chi connectivity index (χ0) is 21.0. The van der Waals surface area contributed by atoms with Crippen LogP contribution in [0.5, 0.6) is 0 Å².